The van der Waals surface area contributed by atoms with E-state index in [4.69, 9.17) is 14.2 Å². The molecule has 0 heterocycles. The second-order valence-electron chi connectivity index (χ2n) is 23.1. The van der Waals surface area contributed by atoms with Crippen molar-refractivity contribution in [3.8, 4) is 0 Å². The molecule has 1 atom stereocenters. The Morgan fingerprint density at radius 1 is 0.253 bits per heavy atom. The van der Waals surface area contributed by atoms with E-state index in [0.717, 1.165) is 128 Å². The van der Waals surface area contributed by atoms with Crippen LogP contribution in [-0.2, 0) is 28.6 Å². The first kappa shape index (κ1) is 78.8. The van der Waals surface area contributed by atoms with Gasteiger partial charge in [0.05, 0.1) is 0 Å². The van der Waals surface area contributed by atoms with E-state index in [-0.39, 0.29) is 31.1 Å². The number of esters is 3. The van der Waals surface area contributed by atoms with E-state index in [0.29, 0.717) is 19.3 Å². The van der Waals surface area contributed by atoms with Gasteiger partial charge >= 0.3 is 17.9 Å². The fourth-order valence-electron chi connectivity index (χ4n) is 9.73. The first-order valence-corrected chi connectivity index (χ1v) is 35.0. The Bertz CT molecular complexity index is 1700. The van der Waals surface area contributed by atoms with Gasteiger partial charge in [-0.15, -0.1) is 0 Å². The largest absolute Gasteiger partial charge is 0.462 e. The second-order valence-corrected chi connectivity index (χ2v) is 23.1. The van der Waals surface area contributed by atoms with Gasteiger partial charge in [0.25, 0.3) is 0 Å². The Labute approximate surface area is 513 Å². The van der Waals surface area contributed by atoms with E-state index in [1.807, 2.05) is 0 Å². The summed E-state index contributed by atoms with van der Waals surface area (Å²) in [5, 5.41) is 0. The molecule has 0 aliphatic heterocycles. The van der Waals surface area contributed by atoms with Gasteiger partial charge in [-0.2, -0.15) is 0 Å². The molecule has 0 aliphatic rings. The van der Waals surface area contributed by atoms with E-state index >= 15 is 0 Å². The van der Waals surface area contributed by atoms with Crippen LogP contribution in [0, 0.1) is 0 Å². The molecular weight excluding hydrogens is 1020 g/mol. The van der Waals surface area contributed by atoms with Gasteiger partial charge < -0.3 is 14.2 Å². The first-order valence-electron chi connectivity index (χ1n) is 35.0. The van der Waals surface area contributed by atoms with Crippen molar-refractivity contribution in [2.24, 2.45) is 0 Å². The van der Waals surface area contributed by atoms with Gasteiger partial charge in [0.1, 0.15) is 13.2 Å². The number of carbonyl (C=O) groups is 3. The highest BCUT2D eigenvalue weighted by molar-refractivity contribution is 5.71. The van der Waals surface area contributed by atoms with Crippen LogP contribution in [0.5, 0.6) is 0 Å². The summed E-state index contributed by atoms with van der Waals surface area (Å²) < 4.78 is 16.9. The quantitative estimate of drug-likeness (QED) is 0.0261. The molecule has 0 saturated carbocycles. The highest BCUT2D eigenvalue weighted by Crippen LogP contribution is 2.17. The molecule has 83 heavy (non-hydrogen) atoms. The summed E-state index contributed by atoms with van der Waals surface area (Å²) in [4.78, 5) is 38.3. The molecule has 1 unspecified atom stereocenters. The Balaban J connectivity index is 4.26. The predicted molar refractivity (Wildman–Crippen MR) is 362 cm³/mol. The van der Waals surface area contributed by atoms with E-state index in [1.54, 1.807) is 0 Å². The maximum Gasteiger partial charge on any atom is 0.306 e. The van der Waals surface area contributed by atoms with Crippen molar-refractivity contribution in [3.63, 3.8) is 0 Å². The van der Waals surface area contributed by atoms with Crippen LogP contribution in [0.3, 0.4) is 0 Å². The van der Waals surface area contributed by atoms with Crippen LogP contribution in [0.25, 0.3) is 0 Å². The fourth-order valence-corrected chi connectivity index (χ4v) is 9.73. The minimum absolute atomic E-state index is 0.0838. The highest BCUT2D eigenvalue weighted by atomic mass is 16.6. The minimum atomic E-state index is -0.787. The maximum atomic E-state index is 12.9. The Hall–Kier alpha value is -4.19. The van der Waals surface area contributed by atoms with Crippen molar-refractivity contribution in [2.75, 3.05) is 13.2 Å². The van der Waals surface area contributed by atoms with E-state index in [9.17, 15) is 14.4 Å². The standard InChI is InChI=1S/C77H130O6/c1-4-7-10-13-16-19-22-25-27-29-31-32-33-34-35-36-37-38-39-40-41-42-43-44-45-46-47-49-50-52-55-58-61-64-67-70-76(79)82-73-74(72-81-75(78)69-66-63-60-57-54-24-21-18-15-12-9-6-3)83-77(80)71-68-65-62-59-56-53-51-48-30-28-26-23-20-17-14-11-8-5-2/h7,10,16,18-19,21,25,27,31-32,34-35,37-38,40-41,43-44,46-47,74H,4-6,8-9,11-15,17,20,22-24,26,28-30,33,36,39,42,45,48-73H2,1-3H3/b10-7-,19-16-,21-18-,27-25-,32-31-,35-34-,38-37-,41-40-,44-43-,47-46-. The third kappa shape index (κ3) is 68.5. The Morgan fingerprint density at radius 3 is 0.771 bits per heavy atom. The molecule has 474 valence electrons. The van der Waals surface area contributed by atoms with Crippen LogP contribution in [0.2, 0.25) is 0 Å². The lowest BCUT2D eigenvalue weighted by molar-refractivity contribution is -0.167. The molecule has 6 heteroatoms. The molecule has 0 saturated heterocycles. The van der Waals surface area contributed by atoms with Crippen molar-refractivity contribution in [1.29, 1.82) is 0 Å². The molecule has 0 bridgehead atoms. The van der Waals surface area contributed by atoms with Crippen LogP contribution < -0.4 is 0 Å². The summed E-state index contributed by atoms with van der Waals surface area (Å²) in [5.74, 6) is -0.892. The molecule has 0 aliphatic carbocycles. The predicted octanol–water partition coefficient (Wildman–Crippen LogP) is 24.3. The lowest BCUT2D eigenvalue weighted by Crippen LogP contribution is -2.30. The highest BCUT2D eigenvalue weighted by Gasteiger charge is 2.19. The smallest absolute Gasteiger partial charge is 0.306 e. The van der Waals surface area contributed by atoms with Crippen molar-refractivity contribution in [1.82, 2.24) is 0 Å². The third-order valence-corrected chi connectivity index (χ3v) is 15.0. The minimum Gasteiger partial charge on any atom is -0.462 e. The van der Waals surface area contributed by atoms with Crippen molar-refractivity contribution in [2.45, 2.75) is 335 Å². The van der Waals surface area contributed by atoms with Gasteiger partial charge in [-0.25, -0.2) is 0 Å². The molecule has 0 aromatic rings. The zero-order valence-electron chi connectivity index (χ0n) is 54.4. The SMILES string of the molecule is CC/C=C\C/C=C\C/C=C\C/C=C\C/C=C\C/C=C\C/C=C\C/C=C\C/C=C\CCCCCCCCCC(=O)OCC(COC(=O)CCCCCCC/C=C\CCCCC)OC(=O)CCCCCCCCCCCCCCCCCCCC. The number of hydrogen-bond acceptors (Lipinski definition) is 6. The summed E-state index contributed by atoms with van der Waals surface area (Å²) in [6, 6.07) is 0. The fraction of sp³-hybridized carbons (Fsp3) is 0.701. The molecule has 0 fully saturated rings. The zero-order chi connectivity index (χ0) is 59.9. The molecule has 0 rings (SSSR count). The van der Waals surface area contributed by atoms with Gasteiger partial charge in [-0.3, -0.25) is 14.4 Å². The summed E-state index contributed by atoms with van der Waals surface area (Å²) in [6.45, 7) is 6.52. The number of rotatable bonds is 63. The number of carbonyl (C=O) groups excluding carboxylic acids is 3. The van der Waals surface area contributed by atoms with Crippen molar-refractivity contribution < 1.29 is 28.6 Å². The number of unbranched alkanes of at least 4 members (excludes halogenated alkanes) is 32. The number of ether oxygens (including phenoxy) is 3. The molecule has 0 aromatic heterocycles. The Kier molecular flexibility index (Phi) is 66.7. The second kappa shape index (κ2) is 70.3. The number of hydrogen-bond donors (Lipinski definition) is 0. The monoisotopic (exact) mass is 1150 g/mol. The summed E-state index contributed by atoms with van der Waals surface area (Å²) in [7, 11) is 0. The summed E-state index contributed by atoms with van der Waals surface area (Å²) in [6.07, 6.45) is 97.9. The van der Waals surface area contributed by atoms with Crippen LogP contribution in [0.4, 0.5) is 0 Å². The summed E-state index contributed by atoms with van der Waals surface area (Å²) in [5.41, 5.74) is 0. The average molecular weight is 1150 g/mol. The topological polar surface area (TPSA) is 78.9 Å². The lowest BCUT2D eigenvalue weighted by atomic mass is 10.0. The average Bonchev–Trinajstić information content (AvgIpc) is 3.49. The molecular formula is C77H130O6. The van der Waals surface area contributed by atoms with Gasteiger partial charge in [0.2, 0.25) is 0 Å². The lowest BCUT2D eigenvalue weighted by Gasteiger charge is -2.18. The maximum absolute atomic E-state index is 12.9. The molecule has 0 radical (unpaired) electrons. The van der Waals surface area contributed by atoms with Gasteiger partial charge in [-0.05, 0) is 116 Å². The zero-order valence-corrected chi connectivity index (χ0v) is 54.4. The summed E-state index contributed by atoms with van der Waals surface area (Å²) >= 11 is 0. The van der Waals surface area contributed by atoms with Crippen LogP contribution in [0.1, 0.15) is 329 Å². The number of allylic oxidation sites excluding steroid dienone is 20. The normalized spacial score (nSPS) is 12.9. The van der Waals surface area contributed by atoms with Crippen molar-refractivity contribution >= 4 is 17.9 Å². The molecule has 0 spiro atoms. The first-order chi connectivity index (χ1) is 41.0. The third-order valence-electron chi connectivity index (χ3n) is 15.0. The van der Waals surface area contributed by atoms with Gasteiger partial charge in [-0.1, -0.05) is 316 Å². The van der Waals surface area contributed by atoms with E-state index in [2.05, 4.69) is 142 Å². The van der Waals surface area contributed by atoms with Crippen LogP contribution >= 0.6 is 0 Å². The molecule has 6 nitrogen and oxygen atoms in total. The van der Waals surface area contributed by atoms with Crippen LogP contribution in [-0.4, -0.2) is 37.2 Å². The Morgan fingerprint density at radius 2 is 0.470 bits per heavy atom. The van der Waals surface area contributed by atoms with Gasteiger partial charge in [0.15, 0.2) is 6.10 Å². The van der Waals surface area contributed by atoms with E-state index in [1.165, 1.54) is 161 Å². The van der Waals surface area contributed by atoms with E-state index < -0.39 is 6.10 Å². The molecule has 0 N–H and O–H groups in total. The van der Waals surface area contributed by atoms with Crippen LogP contribution in [0.15, 0.2) is 122 Å². The molecule has 0 aromatic carbocycles. The van der Waals surface area contributed by atoms with Gasteiger partial charge in [0, 0.05) is 19.3 Å². The molecule has 0 amide bonds. The van der Waals surface area contributed by atoms with Crippen molar-refractivity contribution in [3.05, 3.63) is 122 Å².